The summed E-state index contributed by atoms with van der Waals surface area (Å²) < 4.78 is 0. The van der Waals surface area contributed by atoms with E-state index in [1.165, 1.54) is 4.90 Å². The van der Waals surface area contributed by atoms with E-state index < -0.39 is 12.0 Å². The number of rotatable bonds is 9. The number of urea groups is 1. The second kappa shape index (κ2) is 9.70. The van der Waals surface area contributed by atoms with Crippen molar-refractivity contribution in [3.05, 3.63) is 0 Å². The van der Waals surface area contributed by atoms with Gasteiger partial charge in [0, 0.05) is 13.6 Å². The fourth-order valence-corrected chi connectivity index (χ4v) is 1.52. The Morgan fingerprint density at radius 2 is 2.00 bits per heavy atom. The van der Waals surface area contributed by atoms with Crippen LogP contribution in [0.2, 0.25) is 0 Å². The first-order valence-electron chi connectivity index (χ1n) is 6.42. The average Bonchev–Trinajstić information content (AvgIpc) is 2.33. The summed E-state index contributed by atoms with van der Waals surface area (Å²) >= 11 is 0. The van der Waals surface area contributed by atoms with Gasteiger partial charge in [0.15, 0.2) is 0 Å². The minimum absolute atomic E-state index is 0.324. The first-order valence-corrected chi connectivity index (χ1v) is 6.42. The van der Waals surface area contributed by atoms with Crippen molar-refractivity contribution in [2.75, 3.05) is 27.2 Å². The molecule has 0 saturated carbocycles. The maximum absolute atomic E-state index is 11.7. The standard InChI is InChI=1S/C12H25N3O3/c1-4-5-7-10(11(16)17)14-12(18)15(3)9-6-8-13-2/h10,13H,4-9H2,1-3H3,(H,14,18)(H,16,17)/t10-/m0/s1. The van der Waals surface area contributed by atoms with Crippen LogP contribution in [-0.2, 0) is 4.79 Å². The van der Waals surface area contributed by atoms with Crippen molar-refractivity contribution in [3.63, 3.8) is 0 Å². The van der Waals surface area contributed by atoms with Gasteiger partial charge in [-0.05, 0) is 26.4 Å². The molecule has 0 radical (unpaired) electrons. The number of nitrogens with zero attached hydrogens (tertiary/aromatic N) is 1. The summed E-state index contributed by atoms with van der Waals surface area (Å²) in [5, 5.41) is 14.5. The molecule has 0 fully saturated rings. The van der Waals surface area contributed by atoms with E-state index in [2.05, 4.69) is 10.6 Å². The molecule has 3 N–H and O–H groups in total. The highest BCUT2D eigenvalue weighted by Crippen LogP contribution is 2.02. The minimum atomic E-state index is -0.972. The van der Waals surface area contributed by atoms with E-state index in [-0.39, 0.29) is 6.03 Å². The van der Waals surface area contributed by atoms with Crippen molar-refractivity contribution >= 4 is 12.0 Å². The molecule has 0 aromatic heterocycles. The average molecular weight is 259 g/mol. The number of carbonyl (C=O) groups excluding carboxylic acids is 1. The van der Waals surface area contributed by atoms with Crippen LogP contribution in [0.1, 0.15) is 32.6 Å². The predicted octanol–water partition coefficient (Wildman–Crippen LogP) is 0.881. The molecular formula is C12H25N3O3. The van der Waals surface area contributed by atoms with Crippen LogP contribution in [0.3, 0.4) is 0 Å². The topological polar surface area (TPSA) is 81.7 Å². The number of carboxylic acids is 1. The first kappa shape index (κ1) is 16.7. The van der Waals surface area contributed by atoms with Gasteiger partial charge >= 0.3 is 12.0 Å². The molecule has 0 aliphatic rings. The molecular weight excluding hydrogens is 234 g/mol. The predicted molar refractivity (Wildman–Crippen MR) is 70.7 cm³/mol. The molecule has 0 aromatic carbocycles. The van der Waals surface area contributed by atoms with Gasteiger partial charge in [0.2, 0.25) is 0 Å². The van der Waals surface area contributed by atoms with E-state index in [1.807, 2.05) is 14.0 Å². The fraction of sp³-hybridized carbons (Fsp3) is 0.833. The van der Waals surface area contributed by atoms with Crippen LogP contribution in [0.5, 0.6) is 0 Å². The number of hydrogen-bond acceptors (Lipinski definition) is 3. The summed E-state index contributed by atoms with van der Waals surface area (Å²) in [6, 6.07) is -1.11. The second-order valence-corrected chi connectivity index (χ2v) is 4.36. The van der Waals surface area contributed by atoms with Crippen LogP contribution in [-0.4, -0.2) is 55.2 Å². The molecule has 1 atom stereocenters. The molecule has 0 saturated heterocycles. The number of nitrogens with one attached hydrogen (secondary N) is 2. The normalized spacial score (nSPS) is 11.9. The molecule has 6 heteroatoms. The lowest BCUT2D eigenvalue weighted by Gasteiger charge is -2.21. The zero-order chi connectivity index (χ0) is 14.0. The van der Waals surface area contributed by atoms with Crippen molar-refractivity contribution in [3.8, 4) is 0 Å². The largest absolute Gasteiger partial charge is 0.480 e. The highest BCUT2D eigenvalue weighted by Gasteiger charge is 2.20. The molecule has 0 bridgehead atoms. The van der Waals surface area contributed by atoms with Gasteiger partial charge in [-0.15, -0.1) is 0 Å². The molecule has 6 nitrogen and oxygen atoms in total. The van der Waals surface area contributed by atoms with E-state index >= 15 is 0 Å². The lowest BCUT2D eigenvalue weighted by molar-refractivity contribution is -0.139. The Hall–Kier alpha value is -1.30. The van der Waals surface area contributed by atoms with E-state index in [9.17, 15) is 9.59 Å². The summed E-state index contributed by atoms with van der Waals surface area (Å²) in [5.41, 5.74) is 0. The number of hydrogen-bond donors (Lipinski definition) is 3. The molecule has 0 aliphatic heterocycles. The number of unbranched alkanes of at least 4 members (excludes halogenated alkanes) is 1. The quantitative estimate of drug-likeness (QED) is 0.537. The summed E-state index contributed by atoms with van der Waals surface area (Å²) in [6.45, 7) is 3.42. The van der Waals surface area contributed by atoms with Gasteiger partial charge in [-0.2, -0.15) is 0 Å². The summed E-state index contributed by atoms with van der Waals surface area (Å²) in [4.78, 5) is 24.2. The number of aliphatic carboxylic acids is 1. The Kier molecular flexibility index (Phi) is 9.00. The van der Waals surface area contributed by atoms with E-state index in [1.54, 1.807) is 7.05 Å². The lowest BCUT2D eigenvalue weighted by atomic mass is 10.1. The zero-order valence-corrected chi connectivity index (χ0v) is 11.5. The van der Waals surface area contributed by atoms with Crippen molar-refractivity contribution in [2.45, 2.75) is 38.6 Å². The van der Waals surface area contributed by atoms with Crippen LogP contribution in [0, 0.1) is 0 Å². The molecule has 0 rings (SSSR count). The minimum Gasteiger partial charge on any atom is -0.480 e. The second-order valence-electron chi connectivity index (χ2n) is 4.36. The molecule has 0 aliphatic carbocycles. The van der Waals surface area contributed by atoms with Crippen LogP contribution in [0.4, 0.5) is 4.79 Å². The van der Waals surface area contributed by atoms with Gasteiger partial charge in [0.25, 0.3) is 0 Å². The van der Waals surface area contributed by atoms with Gasteiger partial charge in [-0.25, -0.2) is 9.59 Å². The van der Waals surface area contributed by atoms with Crippen LogP contribution in [0.15, 0.2) is 0 Å². The third-order valence-electron chi connectivity index (χ3n) is 2.71. The van der Waals surface area contributed by atoms with E-state index in [0.29, 0.717) is 13.0 Å². The Morgan fingerprint density at radius 3 is 2.50 bits per heavy atom. The van der Waals surface area contributed by atoms with Gasteiger partial charge in [0.05, 0.1) is 0 Å². The molecule has 2 amide bonds. The zero-order valence-electron chi connectivity index (χ0n) is 11.5. The maximum atomic E-state index is 11.7. The molecule has 106 valence electrons. The highest BCUT2D eigenvalue weighted by molar-refractivity contribution is 5.82. The van der Waals surface area contributed by atoms with Gasteiger partial charge in [0.1, 0.15) is 6.04 Å². The summed E-state index contributed by atoms with van der Waals surface area (Å²) in [7, 11) is 3.52. The molecule has 0 aromatic rings. The SMILES string of the molecule is CCCC[C@H](NC(=O)N(C)CCCNC)C(=O)O. The Morgan fingerprint density at radius 1 is 1.33 bits per heavy atom. The van der Waals surface area contributed by atoms with Crippen LogP contribution < -0.4 is 10.6 Å². The molecule has 18 heavy (non-hydrogen) atoms. The summed E-state index contributed by atoms with van der Waals surface area (Å²) in [5.74, 6) is -0.972. The number of amides is 2. The fourth-order valence-electron chi connectivity index (χ4n) is 1.52. The van der Waals surface area contributed by atoms with Crippen molar-refractivity contribution in [2.24, 2.45) is 0 Å². The van der Waals surface area contributed by atoms with Gasteiger partial charge in [-0.1, -0.05) is 19.8 Å². The molecule has 0 unspecified atom stereocenters. The highest BCUT2D eigenvalue weighted by atomic mass is 16.4. The maximum Gasteiger partial charge on any atom is 0.326 e. The van der Waals surface area contributed by atoms with Crippen molar-refractivity contribution in [1.29, 1.82) is 0 Å². The monoisotopic (exact) mass is 259 g/mol. The van der Waals surface area contributed by atoms with E-state index in [4.69, 9.17) is 5.11 Å². The molecule has 0 heterocycles. The Labute approximate surface area is 109 Å². The van der Waals surface area contributed by atoms with Crippen LogP contribution in [0.25, 0.3) is 0 Å². The third-order valence-corrected chi connectivity index (χ3v) is 2.71. The van der Waals surface area contributed by atoms with Crippen LogP contribution >= 0.6 is 0 Å². The number of carbonyl (C=O) groups is 2. The van der Waals surface area contributed by atoms with Gasteiger partial charge < -0.3 is 20.6 Å². The number of carboxylic acid groups (broad SMARTS) is 1. The third kappa shape index (κ3) is 7.11. The molecule has 0 spiro atoms. The summed E-state index contributed by atoms with van der Waals surface area (Å²) in [6.07, 6.45) is 3.02. The Balaban J connectivity index is 4.10. The Bertz CT molecular complexity index is 259. The lowest BCUT2D eigenvalue weighted by Crippen LogP contribution is -2.47. The van der Waals surface area contributed by atoms with E-state index in [0.717, 1.165) is 25.8 Å². The first-order chi connectivity index (χ1) is 8.52. The van der Waals surface area contributed by atoms with Crippen molar-refractivity contribution in [1.82, 2.24) is 15.5 Å². The van der Waals surface area contributed by atoms with Gasteiger partial charge in [-0.3, -0.25) is 0 Å². The van der Waals surface area contributed by atoms with Crippen molar-refractivity contribution < 1.29 is 14.7 Å². The smallest absolute Gasteiger partial charge is 0.326 e.